The predicted molar refractivity (Wildman–Crippen MR) is 80.4 cm³/mol. The Morgan fingerprint density at radius 2 is 2.00 bits per heavy atom. The Hall–Kier alpha value is -1.13. The second kappa shape index (κ2) is 6.16. The number of rotatable bonds is 6. The lowest BCUT2D eigenvalue weighted by Gasteiger charge is -2.30. The van der Waals surface area contributed by atoms with Gasteiger partial charge in [0.2, 0.25) is 0 Å². The van der Waals surface area contributed by atoms with Crippen LogP contribution in [0.5, 0.6) is 0 Å². The summed E-state index contributed by atoms with van der Waals surface area (Å²) in [6, 6.07) is 8.89. The maximum Gasteiger partial charge on any atom is 0.120 e. The van der Waals surface area contributed by atoms with Gasteiger partial charge in [-0.25, -0.2) is 0 Å². The lowest BCUT2D eigenvalue weighted by Crippen LogP contribution is -2.37. The first-order chi connectivity index (χ1) is 8.81. The summed E-state index contributed by atoms with van der Waals surface area (Å²) in [7, 11) is 0. The SMILES string of the molecule is CCC(CC)N(CCN)c1snc2ccccc12. The second-order valence-corrected chi connectivity index (χ2v) is 5.21. The molecule has 0 aliphatic carbocycles. The lowest BCUT2D eigenvalue weighted by atomic mass is 10.1. The summed E-state index contributed by atoms with van der Waals surface area (Å²) in [5, 5.41) is 2.52. The van der Waals surface area contributed by atoms with E-state index in [9.17, 15) is 0 Å². The third-order valence-electron chi connectivity index (χ3n) is 3.38. The molecule has 0 aliphatic heterocycles. The normalized spacial score (nSPS) is 11.3. The number of aromatic nitrogens is 1. The first-order valence-electron chi connectivity index (χ1n) is 6.62. The van der Waals surface area contributed by atoms with Crippen molar-refractivity contribution < 1.29 is 0 Å². The van der Waals surface area contributed by atoms with Crippen LogP contribution in [0.15, 0.2) is 24.3 Å². The smallest absolute Gasteiger partial charge is 0.120 e. The molecule has 0 saturated heterocycles. The minimum absolute atomic E-state index is 0.553. The van der Waals surface area contributed by atoms with Crippen molar-refractivity contribution in [2.24, 2.45) is 5.73 Å². The molecule has 0 unspecified atom stereocenters. The van der Waals surface area contributed by atoms with Gasteiger partial charge in [0.15, 0.2) is 0 Å². The van der Waals surface area contributed by atoms with E-state index in [0.717, 1.165) is 24.9 Å². The van der Waals surface area contributed by atoms with Gasteiger partial charge in [0.1, 0.15) is 5.00 Å². The highest BCUT2D eigenvalue weighted by molar-refractivity contribution is 7.11. The molecule has 0 atom stereocenters. The van der Waals surface area contributed by atoms with E-state index in [1.165, 1.54) is 10.4 Å². The summed E-state index contributed by atoms with van der Waals surface area (Å²) in [6.07, 6.45) is 2.28. The van der Waals surface area contributed by atoms with Crippen LogP contribution in [0.4, 0.5) is 5.00 Å². The molecule has 0 aliphatic rings. The van der Waals surface area contributed by atoms with Crippen LogP contribution in [0, 0.1) is 0 Å². The minimum Gasteiger partial charge on any atom is -0.357 e. The van der Waals surface area contributed by atoms with Crippen molar-refractivity contribution in [3.05, 3.63) is 24.3 Å². The number of hydrogen-bond donors (Lipinski definition) is 1. The maximum absolute atomic E-state index is 5.77. The molecule has 0 fully saturated rings. The van der Waals surface area contributed by atoms with Gasteiger partial charge in [-0.15, -0.1) is 0 Å². The van der Waals surface area contributed by atoms with Crippen molar-refractivity contribution in [1.29, 1.82) is 0 Å². The molecule has 4 heteroatoms. The van der Waals surface area contributed by atoms with Crippen LogP contribution in [0.25, 0.3) is 10.9 Å². The molecule has 1 aromatic carbocycles. The summed E-state index contributed by atoms with van der Waals surface area (Å²) in [4.78, 5) is 2.43. The Morgan fingerprint density at radius 3 is 2.67 bits per heavy atom. The predicted octanol–water partition coefficient (Wildman–Crippen LogP) is 3.25. The number of hydrogen-bond acceptors (Lipinski definition) is 4. The fourth-order valence-electron chi connectivity index (χ4n) is 2.40. The summed E-state index contributed by atoms with van der Waals surface area (Å²) in [6.45, 7) is 6.06. The number of benzene rings is 1. The van der Waals surface area contributed by atoms with E-state index in [1.54, 1.807) is 11.5 Å². The van der Waals surface area contributed by atoms with E-state index >= 15 is 0 Å². The Kier molecular flexibility index (Phi) is 4.55. The van der Waals surface area contributed by atoms with Gasteiger partial charge >= 0.3 is 0 Å². The van der Waals surface area contributed by atoms with Crippen molar-refractivity contribution in [3.63, 3.8) is 0 Å². The molecule has 98 valence electrons. The summed E-state index contributed by atoms with van der Waals surface area (Å²) in [5.74, 6) is 0. The summed E-state index contributed by atoms with van der Waals surface area (Å²) >= 11 is 1.59. The van der Waals surface area contributed by atoms with Gasteiger partial charge < -0.3 is 10.6 Å². The molecular weight excluding hydrogens is 242 g/mol. The van der Waals surface area contributed by atoms with Gasteiger partial charge in [0.05, 0.1) is 5.52 Å². The first kappa shape index (κ1) is 13.3. The monoisotopic (exact) mass is 263 g/mol. The molecular formula is C14H21N3S. The Bertz CT molecular complexity index is 490. The average Bonchev–Trinajstić information content (AvgIpc) is 2.83. The van der Waals surface area contributed by atoms with Crippen molar-refractivity contribution in [2.45, 2.75) is 32.7 Å². The molecule has 1 aromatic heterocycles. The van der Waals surface area contributed by atoms with Crippen molar-refractivity contribution in [2.75, 3.05) is 18.0 Å². The molecule has 2 rings (SSSR count). The summed E-state index contributed by atoms with van der Waals surface area (Å²) in [5.41, 5.74) is 6.86. The van der Waals surface area contributed by atoms with E-state index in [0.29, 0.717) is 12.6 Å². The van der Waals surface area contributed by atoms with Crippen LogP contribution in [0.1, 0.15) is 26.7 Å². The van der Waals surface area contributed by atoms with Gasteiger partial charge in [-0.1, -0.05) is 26.0 Å². The Morgan fingerprint density at radius 1 is 1.28 bits per heavy atom. The highest BCUT2D eigenvalue weighted by Gasteiger charge is 2.19. The van der Waals surface area contributed by atoms with Crippen molar-refractivity contribution >= 4 is 27.4 Å². The van der Waals surface area contributed by atoms with Gasteiger partial charge in [-0.05, 0) is 36.5 Å². The van der Waals surface area contributed by atoms with E-state index in [4.69, 9.17) is 5.73 Å². The van der Waals surface area contributed by atoms with Crippen LogP contribution in [-0.4, -0.2) is 23.5 Å². The fourth-order valence-corrected chi connectivity index (χ4v) is 3.36. The van der Waals surface area contributed by atoms with Crippen LogP contribution in [0.3, 0.4) is 0 Å². The zero-order chi connectivity index (χ0) is 13.0. The van der Waals surface area contributed by atoms with Crippen LogP contribution >= 0.6 is 11.5 Å². The summed E-state index contributed by atoms with van der Waals surface area (Å²) < 4.78 is 4.53. The molecule has 0 bridgehead atoms. The molecule has 2 aromatic rings. The highest BCUT2D eigenvalue weighted by Crippen LogP contribution is 2.33. The fraction of sp³-hybridized carbons (Fsp3) is 0.500. The lowest BCUT2D eigenvalue weighted by molar-refractivity contribution is 0.563. The number of nitrogens with two attached hydrogens (primary N) is 1. The van der Waals surface area contributed by atoms with E-state index in [-0.39, 0.29) is 0 Å². The Balaban J connectivity index is 2.41. The average molecular weight is 263 g/mol. The zero-order valence-corrected chi connectivity index (χ0v) is 11.9. The van der Waals surface area contributed by atoms with Gasteiger partial charge in [0.25, 0.3) is 0 Å². The largest absolute Gasteiger partial charge is 0.357 e. The zero-order valence-electron chi connectivity index (χ0n) is 11.1. The molecule has 0 amide bonds. The van der Waals surface area contributed by atoms with Crippen LogP contribution in [0.2, 0.25) is 0 Å². The van der Waals surface area contributed by atoms with E-state index in [1.807, 2.05) is 6.07 Å². The number of fused-ring (bicyclic) bond motifs is 1. The Labute approximate surface area is 113 Å². The molecule has 3 nitrogen and oxygen atoms in total. The molecule has 2 N–H and O–H groups in total. The van der Waals surface area contributed by atoms with Crippen LogP contribution < -0.4 is 10.6 Å². The molecule has 0 spiro atoms. The topological polar surface area (TPSA) is 42.1 Å². The van der Waals surface area contributed by atoms with Gasteiger partial charge in [-0.2, -0.15) is 4.37 Å². The second-order valence-electron chi connectivity index (χ2n) is 4.46. The third-order valence-corrected chi connectivity index (χ3v) is 4.29. The van der Waals surface area contributed by atoms with Crippen molar-refractivity contribution in [3.8, 4) is 0 Å². The molecule has 18 heavy (non-hydrogen) atoms. The van der Waals surface area contributed by atoms with E-state index < -0.39 is 0 Å². The van der Waals surface area contributed by atoms with Gasteiger partial charge in [-0.3, -0.25) is 0 Å². The minimum atomic E-state index is 0.553. The number of anilines is 1. The first-order valence-corrected chi connectivity index (χ1v) is 7.40. The van der Waals surface area contributed by atoms with E-state index in [2.05, 4.69) is 41.3 Å². The molecule has 0 saturated carbocycles. The molecule has 0 radical (unpaired) electrons. The third kappa shape index (κ3) is 2.49. The van der Waals surface area contributed by atoms with Gasteiger partial charge in [0, 0.05) is 24.5 Å². The quantitative estimate of drug-likeness (QED) is 0.870. The van der Waals surface area contributed by atoms with Crippen molar-refractivity contribution in [1.82, 2.24) is 4.37 Å². The standard InChI is InChI=1S/C14H21N3S/c1-3-11(4-2)17(10-9-15)14-12-7-5-6-8-13(12)16-18-14/h5-8,11H,3-4,9-10,15H2,1-2H3. The highest BCUT2D eigenvalue weighted by atomic mass is 32.1. The maximum atomic E-state index is 5.77. The van der Waals surface area contributed by atoms with Crippen LogP contribution in [-0.2, 0) is 0 Å². The molecule has 1 heterocycles. The number of nitrogens with zero attached hydrogens (tertiary/aromatic N) is 2.